The Balaban J connectivity index is 1.26. The first-order chi connectivity index (χ1) is 16.0. The van der Waals surface area contributed by atoms with Crippen molar-refractivity contribution in [2.45, 2.75) is 63.3 Å². The third kappa shape index (κ3) is 4.62. The fourth-order valence-corrected chi connectivity index (χ4v) is 5.40. The van der Waals surface area contributed by atoms with Crippen molar-refractivity contribution in [1.82, 2.24) is 24.7 Å². The highest BCUT2D eigenvalue weighted by Crippen LogP contribution is 2.25. The predicted octanol–water partition coefficient (Wildman–Crippen LogP) is 1.05. The van der Waals surface area contributed by atoms with Gasteiger partial charge in [0.15, 0.2) is 0 Å². The zero-order valence-corrected chi connectivity index (χ0v) is 19.2. The second-order valence-corrected chi connectivity index (χ2v) is 9.56. The molecule has 9 heteroatoms. The van der Waals surface area contributed by atoms with Gasteiger partial charge in [0.1, 0.15) is 6.04 Å². The number of imidazole rings is 1. The SMILES string of the molecule is Cn1c(=O)n(C2CCC(=O)NC2=O)c2ccc(CN3CCC(OC4CCNCC4)CC3)cc21. The Morgan fingerprint density at radius 2 is 1.70 bits per heavy atom. The van der Waals surface area contributed by atoms with Gasteiger partial charge in [0.25, 0.3) is 0 Å². The first-order valence-electron chi connectivity index (χ1n) is 12.1. The van der Waals surface area contributed by atoms with E-state index < -0.39 is 11.9 Å². The highest BCUT2D eigenvalue weighted by Gasteiger charge is 2.31. The first kappa shape index (κ1) is 22.3. The van der Waals surface area contributed by atoms with E-state index in [1.165, 1.54) is 4.57 Å². The van der Waals surface area contributed by atoms with Crippen molar-refractivity contribution in [2.24, 2.45) is 7.05 Å². The topological polar surface area (TPSA) is 97.6 Å². The number of hydrogen-bond donors (Lipinski definition) is 2. The van der Waals surface area contributed by atoms with Crippen molar-refractivity contribution in [3.63, 3.8) is 0 Å². The number of hydrogen-bond acceptors (Lipinski definition) is 6. The Morgan fingerprint density at radius 1 is 0.970 bits per heavy atom. The average molecular weight is 456 g/mol. The van der Waals surface area contributed by atoms with Crippen LogP contribution in [0.1, 0.15) is 50.1 Å². The molecule has 2 amide bonds. The molecule has 4 heterocycles. The van der Waals surface area contributed by atoms with E-state index in [9.17, 15) is 14.4 Å². The number of nitrogens with one attached hydrogen (secondary N) is 2. The fourth-order valence-electron chi connectivity index (χ4n) is 5.40. The van der Waals surface area contributed by atoms with Gasteiger partial charge in [-0.25, -0.2) is 4.79 Å². The van der Waals surface area contributed by atoms with Crippen molar-refractivity contribution in [3.05, 3.63) is 34.2 Å². The molecule has 3 fully saturated rings. The van der Waals surface area contributed by atoms with Crippen molar-refractivity contribution in [3.8, 4) is 0 Å². The van der Waals surface area contributed by atoms with Crippen LogP contribution in [0.2, 0.25) is 0 Å². The van der Waals surface area contributed by atoms with E-state index >= 15 is 0 Å². The van der Waals surface area contributed by atoms with Gasteiger partial charge in [-0.15, -0.1) is 0 Å². The van der Waals surface area contributed by atoms with E-state index in [2.05, 4.69) is 21.6 Å². The highest BCUT2D eigenvalue weighted by atomic mass is 16.5. The number of aromatic nitrogens is 2. The van der Waals surface area contributed by atoms with E-state index in [4.69, 9.17) is 4.74 Å². The molecule has 9 nitrogen and oxygen atoms in total. The maximum absolute atomic E-state index is 12.9. The van der Waals surface area contributed by atoms with Crippen LogP contribution < -0.4 is 16.3 Å². The number of aryl methyl sites for hydroxylation is 1. The van der Waals surface area contributed by atoms with Crippen molar-refractivity contribution >= 4 is 22.8 Å². The van der Waals surface area contributed by atoms with Crippen LogP contribution in [0.15, 0.2) is 23.0 Å². The number of carbonyl (C=O) groups is 2. The van der Waals surface area contributed by atoms with Gasteiger partial charge in [-0.05, 0) is 62.9 Å². The molecule has 0 radical (unpaired) electrons. The van der Waals surface area contributed by atoms with Crippen LogP contribution in [0, 0.1) is 0 Å². The smallest absolute Gasteiger partial charge is 0.329 e. The number of likely N-dealkylation sites (tertiary alicyclic amines) is 1. The lowest BCUT2D eigenvalue weighted by molar-refractivity contribution is -0.135. The number of imide groups is 1. The van der Waals surface area contributed by atoms with Crippen molar-refractivity contribution in [2.75, 3.05) is 26.2 Å². The van der Waals surface area contributed by atoms with E-state index in [-0.39, 0.29) is 18.0 Å². The van der Waals surface area contributed by atoms with Gasteiger partial charge in [-0.3, -0.25) is 28.9 Å². The largest absolute Gasteiger partial charge is 0.375 e. The molecule has 1 aromatic heterocycles. The van der Waals surface area contributed by atoms with Crippen molar-refractivity contribution in [1.29, 1.82) is 0 Å². The zero-order chi connectivity index (χ0) is 22.9. The Hall–Kier alpha value is -2.49. The Kier molecular flexibility index (Phi) is 6.36. The standard InChI is InChI=1S/C24H33N5O4/c1-27-21-14-16(15-28-12-8-18(9-13-28)33-17-6-10-25-11-7-17)2-3-19(21)29(24(27)32)20-4-5-22(30)26-23(20)31/h2-3,14,17-18,20,25H,4-13,15H2,1H3,(H,26,30,31). The molecule has 178 valence electrons. The summed E-state index contributed by atoms with van der Waals surface area (Å²) < 4.78 is 9.46. The lowest BCUT2D eigenvalue weighted by atomic mass is 10.0. The van der Waals surface area contributed by atoms with Gasteiger partial charge in [0, 0.05) is 33.1 Å². The summed E-state index contributed by atoms with van der Waals surface area (Å²) in [5.74, 6) is -0.684. The van der Waals surface area contributed by atoms with Crippen LogP contribution in [0.5, 0.6) is 0 Å². The molecule has 0 aliphatic carbocycles. The van der Waals surface area contributed by atoms with Crippen LogP contribution in [-0.2, 0) is 27.9 Å². The van der Waals surface area contributed by atoms with Crippen molar-refractivity contribution < 1.29 is 14.3 Å². The molecule has 3 saturated heterocycles. The number of carbonyl (C=O) groups excluding carboxylic acids is 2. The summed E-state index contributed by atoms with van der Waals surface area (Å²) in [7, 11) is 1.74. The maximum Gasteiger partial charge on any atom is 0.329 e. The summed E-state index contributed by atoms with van der Waals surface area (Å²) in [4.78, 5) is 39.3. The summed E-state index contributed by atoms with van der Waals surface area (Å²) in [6.07, 6.45) is 5.67. The third-order valence-corrected chi connectivity index (χ3v) is 7.29. The molecule has 2 aromatic rings. The second kappa shape index (κ2) is 9.40. The monoisotopic (exact) mass is 455 g/mol. The molecule has 5 rings (SSSR count). The summed E-state index contributed by atoms with van der Waals surface area (Å²) in [5, 5.41) is 5.74. The quantitative estimate of drug-likeness (QED) is 0.654. The lowest BCUT2D eigenvalue weighted by Gasteiger charge is -2.35. The van der Waals surface area contributed by atoms with Crippen LogP contribution >= 0.6 is 0 Å². The van der Waals surface area contributed by atoms with Crippen LogP contribution in [0.4, 0.5) is 0 Å². The van der Waals surface area contributed by atoms with Gasteiger partial charge in [-0.2, -0.15) is 0 Å². The minimum atomic E-state index is -0.649. The zero-order valence-electron chi connectivity index (χ0n) is 19.2. The number of nitrogens with zero attached hydrogens (tertiary/aromatic N) is 3. The number of rotatable bonds is 5. The minimum absolute atomic E-state index is 0.229. The van der Waals surface area contributed by atoms with E-state index in [0.717, 1.165) is 75.0 Å². The number of fused-ring (bicyclic) bond motifs is 1. The minimum Gasteiger partial charge on any atom is -0.375 e. The first-order valence-corrected chi connectivity index (χ1v) is 12.1. The van der Waals surface area contributed by atoms with Gasteiger partial charge in [-0.1, -0.05) is 6.07 Å². The van der Waals surface area contributed by atoms with Crippen LogP contribution in [-0.4, -0.2) is 64.2 Å². The predicted molar refractivity (Wildman–Crippen MR) is 124 cm³/mol. The molecule has 3 aliphatic rings. The van der Waals surface area contributed by atoms with E-state index in [0.29, 0.717) is 18.6 Å². The Bertz CT molecular complexity index is 1090. The number of piperidine rings is 3. The molecular formula is C24H33N5O4. The van der Waals surface area contributed by atoms with Gasteiger partial charge >= 0.3 is 5.69 Å². The lowest BCUT2D eigenvalue weighted by Crippen LogP contribution is -2.44. The fraction of sp³-hybridized carbons (Fsp3) is 0.625. The summed E-state index contributed by atoms with van der Waals surface area (Å²) in [6.45, 7) is 4.95. The average Bonchev–Trinajstić information content (AvgIpc) is 3.06. The summed E-state index contributed by atoms with van der Waals surface area (Å²) >= 11 is 0. The second-order valence-electron chi connectivity index (χ2n) is 9.56. The molecule has 0 bridgehead atoms. The highest BCUT2D eigenvalue weighted by molar-refractivity contribution is 6.00. The molecule has 2 N–H and O–H groups in total. The number of benzene rings is 1. The molecule has 1 aromatic carbocycles. The maximum atomic E-state index is 12.9. The Morgan fingerprint density at radius 3 is 2.42 bits per heavy atom. The van der Waals surface area contributed by atoms with E-state index in [1.54, 1.807) is 11.6 Å². The van der Waals surface area contributed by atoms with Gasteiger partial charge in [0.05, 0.1) is 23.2 Å². The molecule has 1 atom stereocenters. The number of amides is 2. The summed E-state index contributed by atoms with van der Waals surface area (Å²) in [6, 6.07) is 5.38. The van der Waals surface area contributed by atoms with Gasteiger partial charge in [0.2, 0.25) is 11.8 Å². The van der Waals surface area contributed by atoms with Crippen LogP contribution in [0.25, 0.3) is 11.0 Å². The molecule has 0 saturated carbocycles. The molecule has 3 aliphatic heterocycles. The van der Waals surface area contributed by atoms with Crippen LogP contribution in [0.3, 0.4) is 0 Å². The van der Waals surface area contributed by atoms with Gasteiger partial charge < -0.3 is 10.1 Å². The molecular weight excluding hydrogens is 422 g/mol. The molecule has 1 unspecified atom stereocenters. The van der Waals surface area contributed by atoms with E-state index in [1.807, 2.05) is 12.1 Å². The molecule has 33 heavy (non-hydrogen) atoms. The number of ether oxygens (including phenoxy) is 1. The molecule has 0 spiro atoms. The Labute approximate surface area is 193 Å². The normalized spacial score (nSPS) is 23.8. The summed E-state index contributed by atoms with van der Waals surface area (Å²) in [5.41, 5.74) is 2.46. The third-order valence-electron chi connectivity index (χ3n) is 7.29.